The summed E-state index contributed by atoms with van der Waals surface area (Å²) in [6.45, 7) is 0.122. The predicted molar refractivity (Wildman–Crippen MR) is 48.2 cm³/mol. The molecule has 66 valence electrons. The Bertz CT molecular complexity index is 261. The molecule has 1 rings (SSSR count). The summed E-state index contributed by atoms with van der Waals surface area (Å²) in [4.78, 5) is 0. The standard InChI is InChI=1S/C9H13NO2/c1-12-8-3-2-7(4-5-11)9(10)6-8/h2-3,6,11H,4-5,10H2,1H3. The van der Waals surface area contributed by atoms with Crippen molar-refractivity contribution < 1.29 is 9.84 Å². The second kappa shape index (κ2) is 3.97. The van der Waals surface area contributed by atoms with Crippen LogP contribution in [0.5, 0.6) is 5.75 Å². The number of anilines is 1. The molecule has 0 unspecified atom stereocenters. The van der Waals surface area contributed by atoms with Gasteiger partial charge in [-0.1, -0.05) is 6.07 Å². The van der Waals surface area contributed by atoms with Gasteiger partial charge in [0.2, 0.25) is 0 Å². The minimum atomic E-state index is 0.122. The SMILES string of the molecule is COc1ccc(CCO)c(N)c1. The Labute approximate surface area is 71.8 Å². The zero-order valence-corrected chi connectivity index (χ0v) is 7.08. The molecule has 12 heavy (non-hydrogen) atoms. The lowest BCUT2D eigenvalue weighted by atomic mass is 10.1. The monoisotopic (exact) mass is 167 g/mol. The zero-order valence-electron chi connectivity index (χ0n) is 7.08. The molecule has 0 aromatic heterocycles. The molecule has 0 aliphatic heterocycles. The molecule has 0 aliphatic carbocycles. The molecule has 0 fully saturated rings. The van der Waals surface area contributed by atoms with Gasteiger partial charge in [0.15, 0.2) is 0 Å². The van der Waals surface area contributed by atoms with Crippen molar-refractivity contribution in [2.24, 2.45) is 0 Å². The van der Waals surface area contributed by atoms with Crippen molar-refractivity contribution in [2.75, 3.05) is 19.5 Å². The van der Waals surface area contributed by atoms with E-state index in [0.717, 1.165) is 11.3 Å². The van der Waals surface area contributed by atoms with Gasteiger partial charge in [0.25, 0.3) is 0 Å². The first kappa shape index (κ1) is 8.87. The van der Waals surface area contributed by atoms with Gasteiger partial charge in [-0.25, -0.2) is 0 Å². The largest absolute Gasteiger partial charge is 0.497 e. The number of nitrogen functional groups attached to an aromatic ring is 1. The van der Waals surface area contributed by atoms with Crippen LogP contribution in [0.1, 0.15) is 5.56 Å². The van der Waals surface area contributed by atoms with Crippen LogP contribution in [0.2, 0.25) is 0 Å². The van der Waals surface area contributed by atoms with Gasteiger partial charge in [-0.2, -0.15) is 0 Å². The lowest BCUT2D eigenvalue weighted by molar-refractivity contribution is 0.300. The van der Waals surface area contributed by atoms with E-state index in [1.54, 1.807) is 13.2 Å². The lowest BCUT2D eigenvalue weighted by Gasteiger charge is -2.05. The third-order valence-electron chi connectivity index (χ3n) is 1.73. The summed E-state index contributed by atoms with van der Waals surface area (Å²) >= 11 is 0. The van der Waals surface area contributed by atoms with E-state index in [1.807, 2.05) is 12.1 Å². The molecular weight excluding hydrogens is 154 g/mol. The first-order valence-corrected chi connectivity index (χ1v) is 3.81. The minimum absolute atomic E-state index is 0.122. The fourth-order valence-corrected chi connectivity index (χ4v) is 1.05. The highest BCUT2D eigenvalue weighted by molar-refractivity contribution is 5.51. The number of aliphatic hydroxyl groups excluding tert-OH is 1. The summed E-state index contributed by atoms with van der Waals surface area (Å²) in [5, 5.41) is 8.68. The molecule has 0 saturated carbocycles. The summed E-state index contributed by atoms with van der Waals surface area (Å²) in [5.41, 5.74) is 7.32. The van der Waals surface area contributed by atoms with E-state index in [4.69, 9.17) is 15.6 Å². The molecule has 0 saturated heterocycles. The number of hydrogen-bond donors (Lipinski definition) is 2. The van der Waals surface area contributed by atoms with Crippen molar-refractivity contribution in [1.29, 1.82) is 0 Å². The maximum absolute atomic E-state index is 8.68. The van der Waals surface area contributed by atoms with Crippen molar-refractivity contribution in [3.63, 3.8) is 0 Å². The predicted octanol–water partition coefficient (Wildman–Crippen LogP) is 0.812. The molecule has 0 bridgehead atoms. The van der Waals surface area contributed by atoms with Crippen LogP contribution in [-0.2, 0) is 6.42 Å². The van der Waals surface area contributed by atoms with Crippen molar-refractivity contribution in [2.45, 2.75) is 6.42 Å². The molecule has 3 heteroatoms. The highest BCUT2D eigenvalue weighted by Gasteiger charge is 1.99. The van der Waals surface area contributed by atoms with Crippen LogP contribution < -0.4 is 10.5 Å². The summed E-state index contributed by atoms with van der Waals surface area (Å²) in [6.07, 6.45) is 0.593. The third-order valence-corrected chi connectivity index (χ3v) is 1.73. The number of methoxy groups -OCH3 is 1. The van der Waals surface area contributed by atoms with Gasteiger partial charge in [-0.3, -0.25) is 0 Å². The van der Waals surface area contributed by atoms with E-state index in [2.05, 4.69) is 0 Å². The fraction of sp³-hybridized carbons (Fsp3) is 0.333. The van der Waals surface area contributed by atoms with Crippen molar-refractivity contribution in [3.05, 3.63) is 23.8 Å². The molecule has 1 aromatic rings. The smallest absolute Gasteiger partial charge is 0.120 e. The Morgan fingerprint density at radius 2 is 2.25 bits per heavy atom. The Balaban J connectivity index is 2.87. The first-order chi connectivity index (χ1) is 5.77. The van der Waals surface area contributed by atoms with Gasteiger partial charge >= 0.3 is 0 Å². The third kappa shape index (κ3) is 1.89. The molecule has 0 spiro atoms. The number of ether oxygens (including phenoxy) is 1. The normalized spacial score (nSPS) is 9.83. The summed E-state index contributed by atoms with van der Waals surface area (Å²) in [7, 11) is 1.60. The van der Waals surface area contributed by atoms with E-state index in [9.17, 15) is 0 Å². The maximum Gasteiger partial charge on any atom is 0.120 e. The van der Waals surface area contributed by atoms with Crippen molar-refractivity contribution in [1.82, 2.24) is 0 Å². The van der Waals surface area contributed by atoms with Crippen LogP contribution in [0.4, 0.5) is 5.69 Å². The Morgan fingerprint density at radius 3 is 2.75 bits per heavy atom. The average molecular weight is 167 g/mol. The molecule has 0 atom stereocenters. The lowest BCUT2D eigenvalue weighted by Crippen LogP contribution is -1.97. The molecule has 0 aliphatic rings. The number of hydrogen-bond acceptors (Lipinski definition) is 3. The molecule has 3 N–H and O–H groups in total. The van der Waals surface area contributed by atoms with Gasteiger partial charge in [0.05, 0.1) is 7.11 Å². The van der Waals surface area contributed by atoms with Crippen LogP contribution in [0, 0.1) is 0 Å². The number of nitrogens with two attached hydrogens (primary N) is 1. The minimum Gasteiger partial charge on any atom is -0.497 e. The number of rotatable bonds is 3. The highest BCUT2D eigenvalue weighted by Crippen LogP contribution is 2.19. The first-order valence-electron chi connectivity index (χ1n) is 3.81. The van der Waals surface area contributed by atoms with E-state index in [0.29, 0.717) is 12.1 Å². The molecule has 3 nitrogen and oxygen atoms in total. The van der Waals surface area contributed by atoms with E-state index >= 15 is 0 Å². The number of aliphatic hydroxyl groups is 1. The maximum atomic E-state index is 8.68. The van der Waals surface area contributed by atoms with Gasteiger partial charge in [-0.15, -0.1) is 0 Å². The fourth-order valence-electron chi connectivity index (χ4n) is 1.05. The zero-order chi connectivity index (χ0) is 8.97. The van der Waals surface area contributed by atoms with Gasteiger partial charge in [0, 0.05) is 18.4 Å². The van der Waals surface area contributed by atoms with Gasteiger partial charge < -0.3 is 15.6 Å². The Hall–Kier alpha value is -1.22. The molecule has 0 amide bonds. The second-order valence-corrected chi connectivity index (χ2v) is 2.54. The van der Waals surface area contributed by atoms with Gasteiger partial charge in [0.1, 0.15) is 5.75 Å². The van der Waals surface area contributed by atoms with Gasteiger partial charge in [-0.05, 0) is 18.1 Å². The Morgan fingerprint density at radius 1 is 1.50 bits per heavy atom. The van der Waals surface area contributed by atoms with Crippen LogP contribution in [0.25, 0.3) is 0 Å². The number of benzene rings is 1. The molecule has 1 aromatic carbocycles. The second-order valence-electron chi connectivity index (χ2n) is 2.54. The quantitative estimate of drug-likeness (QED) is 0.655. The molecular formula is C9H13NO2. The van der Waals surface area contributed by atoms with Crippen LogP contribution in [-0.4, -0.2) is 18.8 Å². The highest BCUT2D eigenvalue weighted by atomic mass is 16.5. The molecule has 0 radical (unpaired) electrons. The molecule has 0 heterocycles. The average Bonchev–Trinajstić information content (AvgIpc) is 2.09. The van der Waals surface area contributed by atoms with Crippen LogP contribution in [0.15, 0.2) is 18.2 Å². The topological polar surface area (TPSA) is 55.5 Å². The Kier molecular flexibility index (Phi) is 2.94. The summed E-state index contributed by atoms with van der Waals surface area (Å²) in [5.74, 6) is 0.745. The van der Waals surface area contributed by atoms with Crippen LogP contribution in [0.3, 0.4) is 0 Å². The van der Waals surface area contributed by atoms with Crippen molar-refractivity contribution >= 4 is 5.69 Å². The van der Waals surface area contributed by atoms with E-state index in [-0.39, 0.29) is 6.61 Å². The van der Waals surface area contributed by atoms with Crippen molar-refractivity contribution in [3.8, 4) is 5.75 Å². The van der Waals surface area contributed by atoms with E-state index < -0.39 is 0 Å². The van der Waals surface area contributed by atoms with Crippen LogP contribution >= 0.6 is 0 Å². The summed E-state index contributed by atoms with van der Waals surface area (Å²) < 4.78 is 4.99. The van der Waals surface area contributed by atoms with E-state index in [1.165, 1.54) is 0 Å². The summed E-state index contributed by atoms with van der Waals surface area (Å²) in [6, 6.07) is 5.46.